The van der Waals surface area contributed by atoms with Crippen LogP contribution in [0.2, 0.25) is 0 Å². The summed E-state index contributed by atoms with van der Waals surface area (Å²) in [4.78, 5) is 4.78. The lowest BCUT2D eigenvalue weighted by atomic mass is 9.98. The van der Waals surface area contributed by atoms with Crippen LogP contribution in [-0.4, -0.2) is 66.9 Å². The molecule has 4 nitrogen and oxygen atoms in total. The van der Waals surface area contributed by atoms with Crippen LogP contribution in [0.5, 0.6) is 5.75 Å². The van der Waals surface area contributed by atoms with Crippen LogP contribution in [0.4, 0.5) is 0 Å². The first-order valence-corrected chi connectivity index (χ1v) is 8.98. The second-order valence-electron chi connectivity index (χ2n) is 6.55. The van der Waals surface area contributed by atoms with Crippen molar-refractivity contribution in [3.05, 3.63) is 29.8 Å². The average molecular weight is 320 g/mol. The van der Waals surface area contributed by atoms with Gasteiger partial charge in [-0.05, 0) is 30.5 Å². The van der Waals surface area contributed by atoms with Gasteiger partial charge in [0.2, 0.25) is 0 Å². The van der Waals surface area contributed by atoms with Crippen LogP contribution in [0.3, 0.4) is 0 Å². The van der Waals surface area contributed by atoms with Crippen molar-refractivity contribution in [2.75, 3.05) is 45.9 Å². The van der Waals surface area contributed by atoms with Gasteiger partial charge in [-0.3, -0.25) is 4.90 Å². The summed E-state index contributed by atoms with van der Waals surface area (Å²) in [6.45, 7) is 13.0. The Hall–Kier alpha value is -1.10. The summed E-state index contributed by atoms with van der Waals surface area (Å²) in [6.07, 6.45) is 0.651. The summed E-state index contributed by atoms with van der Waals surface area (Å²) in [6, 6.07) is 8.18. The van der Waals surface area contributed by atoms with E-state index in [2.05, 4.69) is 42.7 Å². The summed E-state index contributed by atoms with van der Waals surface area (Å²) < 4.78 is 5.92. The molecular weight excluding hydrogens is 288 g/mol. The molecule has 0 saturated carbocycles. The van der Waals surface area contributed by atoms with Crippen molar-refractivity contribution < 1.29 is 9.84 Å². The Kier molecular flexibility index (Phi) is 7.34. The van der Waals surface area contributed by atoms with Crippen molar-refractivity contribution in [2.45, 2.75) is 39.2 Å². The molecule has 1 aliphatic heterocycles. The van der Waals surface area contributed by atoms with Crippen molar-refractivity contribution in [1.29, 1.82) is 0 Å². The molecule has 1 aromatic rings. The zero-order chi connectivity index (χ0) is 16.7. The fraction of sp³-hybridized carbons (Fsp3) is 0.684. The number of hydrogen-bond acceptors (Lipinski definition) is 4. The fourth-order valence-electron chi connectivity index (χ4n) is 3.06. The van der Waals surface area contributed by atoms with E-state index in [0.29, 0.717) is 19.1 Å². The number of para-hydroxylation sites is 1. The van der Waals surface area contributed by atoms with Gasteiger partial charge < -0.3 is 14.7 Å². The lowest BCUT2D eigenvalue weighted by molar-refractivity contribution is 0.0468. The predicted octanol–water partition coefficient (Wildman–Crippen LogP) is 2.58. The molecule has 0 radical (unpaired) electrons. The first-order valence-electron chi connectivity index (χ1n) is 8.98. The molecule has 23 heavy (non-hydrogen) atoms. The van der Waals surface area contributed by atoms with E-state index in [-0.39, 0.29) is 0 Å². The monoisotopic (exact) mass is 320 g/mol. The Morgan fingerprint density at radius 3 is 2.39 bits per heavy atom. The van der Waals surface area contributed by atoms with E-state index in [1.165, 1.54) is 5.56 Å². The molecule has 1 saturated heterocycles. The zero-order valence-electron chi connectivity index (χ0n) is 14.9. The highest BCUT2D eigenvalue weighted by molar-refractivity contribution is 5.35. The van der Waals surface area contributed by atoms with Crippen LogP contribution in [0.1, 0.15) is 38.7 Å². The standard InChI is InChI=1S/C19H32N2O2/c1-4-16(3)18-8-6-7-9-19(18)23-15-17(22)14-21-12-10-20(5-2)11-13-21/h6-9,16-17,22H,4-5,10-15H2,1-3H3/t16-,17+/m0/s1. The number of β-amino-alcohol motifs (C(OH)–C–C–N with tert-alkyl or cyclic N) is 1. The van der Waals surface area contributed by atoms with Gasteiger partial charge in [-0.2, -0.15) is 0 Å². The normalized spacial score (nSPS) is 19.5. The van der Waals surface area contributed by atoms with Crippen LogP contribution in [0.25, 0.3) is 0 Å². The molecule has 1 aliphatic rings. The number of aliphatic hydroxyl groups is 1. The summed E-state index contributed by atoms with van der Waals surface area (Å²) in [5.41, 5.74) is 1.23. The van der Waals surface area contributed by atoms with Gasteiger partial charge in [0.15, 0.2) is 0 Å². The smallest absolute Gasteiger partial charge is 0.122 e. The van der Waals surface area contributed by atoms with Crippen molar-refractivity contribution in [1.82, 2.24) is 9.80 Å². The van der Waals surface area contributed by atoms with Gasteiger partial charge in [0.05, 0.1) is 0 Å². The quantitative estimate of drug-likeness (QED) is 0.799. The lowest BCUT2D eigenvalue weighted by Crippen LogP contribution is -2.49. The Balaban J connectivity index is 1.80. The number of nitrogens with zero attached hydrogens (tertiary/aromatic N) is 2. The summed E-state index contributed by atoms with van der Waals surface area (Å²) in [7, 11) is 0. The van der Waals surface area contributed by atoms with Crippen molar-refractivity contribution in [2.24, 2.45) is 0 Å². The van der Waals surface area contributed by atoms with Gasteiger partial charge in [-0.25, -0.2) is 0 Å². The molecule has 4 heteroatoms. The Morgan fingerprint density at radius 2 is 1.74 bits per heavy atom. The van der Waals surface area contributed by atoms with Gasteiger partial charge in [0, 0.05) is 32.7 Å². The Bertz CT molecular complexity index is 458. The Labute approximate surface area is 141 Å². The van der Waals surface area contributed by atoms with E-state index in [0.717, 1.165) is 44.9 Å². The molecular formula is C19H32N2O2. The van der Waals surface area contributed by atoms with Gasteiger partial charge in [-0.1, -0.05) is 39.0 Å². The molecule has 0 aromatic heterocycles. The maximum atomic E-state index is 10.3. The van der Waals surface area contributed by atoms with E-state index >= 15 is 0 Å². The molecule has 0 spiro atoms. The van der Waals surface area contributed by atoms with Crippen molar-refractivity contribution >= 4 is 0 Å². The molecule has 1 fully saturated rings. The second kappa shape index (κ2) is 9.26. The average Bonchev–Trinajstić information content (AvgIpc) is 2.60. The highest BCUT2D eigenvalue weighted by atomic mass is 16.5. The highest BCUT2D eigenvalue weighted by Crippen LogP contribution is 2.28. The number of aliphatic hydroxyl groups excluding tert-OH is 1. The lowest BCUT2D eigenvalue weighted by Gasteiger charge is -2.34. The molecule has 0 bridgehead atoms. The van der Waals surface area contributed by atoms with Gasteiger partial charge in [0.1, 0.15) is 18.5 Å². The minimum atomic E-state index is -0.437. The summed E-state index contributed by atoms with van der Waals surface area (Å²) >= 11 is 0. The van der Waals surface area contributed by atoms with Crippen LogP contribution < -0.4 is 4.74 Å². The van der Waals surface area contributed by atoms with Crippen LogP contribution >= 0.6 is 0 Å². The molecule has 0 aliphatic carbocycles. The maximum absolute atomic E-state index is 10.3. The van der Waals surface area contributed by atoms with Gasteiger partial charge in [-0.15, -0.1) is 0 Å². The van der Waals surface area contributed by atoms with Crippen LogP contribution in [0.15, 0.2) is 24.3 Å². The number of piperazine rings is 1. The molecule has 1 N–H and O–H groups in total. The number of likely N-dealkylation sites (N-methyl/N-ethyl adjacent to an activating group) is 1. The molecule has 2 atom stereocenters. The highest BCUT2D eigenvalue weighted by Gasteiger charge is 2.19. The molecule has 130 valence electrons. The maximum Gasteiger partial charge on any atom is 0.122 e. The number of rotatable bonds is 8. The Morgan fingerprint density at radius 1 is 1.09 bits per heavy atom. The first kappa shape index (κ1) is 18.2. The van der Waals surface area contributed by atoms with Gasteiger partial charge in [0.25, 0.3) is 0 Å². The minimum absolute atomic E-state index is 0.363. The third kappa shape index (κ3) is 5.48. The van der Waals surface area contributed by atoms with Gasteiger partial charge >= 0.3 is 0 Å². The second-order valence-corrected chi connectivity index (χ2v) is 6.55. The van der Waals surface area contributed by atoms with E-state index < -0.39 is 6.10 Å². The zero-order valence-corrected chi connectivity index (χ0v) is 14.9. The number of ether oxygens (including phenoxy) is 1. The van der Waals surface area contributed by atoms with Crippen LogP contribution in [0, 0.1) is 0 Å². The topological polar surface area (TPSA) is 35.9 Å². The van der Waals surface area contributed by atoms with E-state index in [4.69, 9.17) is 4.74 Å². The fourth-order valence-corrected chi connectivity index (χ4v) is 3.06. The molecule has 2 rings (SSSR count). The first-order chi connectivity index (χ1) is 11.1. The van der Waals surface area contributed by atoms with E-state index in [1.54, 1.807) is 0 Å². The van der Waals surface area contributed by atoms with E-state index in [1.807, 2.05) is 12.1 Å². The third-order valence-electron chi connectivity index (χ3n) is 4.87. The largest absolute Gasteiger partial charge is 0.491 e. The van der Waals surface area contributed by atoms with E-state index in [9.17, 15) is 5.11 Å². The number of benzene rings is 1. The molecule has 1 heterocycles. The molecule has 1 aromatic carbocycles. The van der Waals surface area contributed by atoms with Crippen LogP contribution in [-0.2, 0) is 0 Å². The SMILES string of the molecule is CC[C@H](C)c1ccccc1OC[C@H](O)CN1CCN(CC)CC1. The predicted molar refractivity (Wildman–Crippen MR) is 95.2 cm³/mol. The summed E-state index contributed by atoms with van der Waals surface area (Å²) in [5, 5.41) is 10.3. The molecule has 0 amide bonds. The molecule has 0 unspecified atom stereocenters. The van der Waals surface area contributed by atoms with Crippen molar-refractivity contribution in [3.63, 3.8) is 0 Å². The summed E-state index contributed by atoms with van der Waals surface area (Å²) in [5.74, 6) is 1.39. The van der Waals surface area contributed by atoms with Crippen molar-refractivity contribution in [3.8, 4) is 5.75 Å². The third-order valence-corrected chi connectivity index (χ3v) is 4.87. The minimum Gasteiger partial charge on any atom is -0.491 e. The number of hydrogen-bond donors (Lipinski definition) is 1.